The summed E-state index contributed by atoms with van der Waals surface area (Å²) in [5.74, 6) is 1.34. The van der Waals surface area contributed by atoms with E-state index in [1.54, 1.807) is 30.6 Å². The number of rotatable bonds is 5. The lowest BCUT2D eigenvalue weighted by Gasteiger charge is -2.11. The van der Waals surface area contributed by atoms with Crippen molar-refractivity contribution in [2.24, 2.45) is 0 Å². The van der Waals surface area contributed by atoms with Crippen molar-refractivity contribution in [1.82, 2.24) is 0 Å². The van der Waals surface area contributed by atoms with Gasteiger partial charge in [-0.2, -0.15) is 0 Å². The fourth-order valence-corrected chi connectivity index (χ4v) is 2.09. The van der Waals surface area contributed by atoms with Gasteiger partial charge in [0.05, 0.1) is 13.7 Å². The summed E-state index contributed by atoms with van der Waals surface area (Å²) in [6, 6.07) is 9.43. The maximum absolute atomic E-state index is 9.08. The molecule has 2 aromatic rings. The molecule has 0 radical (unpaired) electrons. The van der Waals surface area contributed by atoms with Crippen LogP contribution in [0, 0.1) is 0 Å². The molecule has 90 valence electrons. The fourth-order valence-electron chi connectivity index (χ4n) is 1.48. The van der Waals surface area contributed by atoms with Gasteiger partial charge in [0.15, 0.2) is 11.5 Å². The van der Waals surface area contributed by atoms with E-state index in [4.69, 9.17) is 14.6 Å². The van der Waals surface area contributed by atoms with Crippen molar-refractivity contribution < 1.29 is 14.6 Å². The van der Waals surface area contributed by atoms with Gasteiger partial charge in [-0.3, -0.25) is 0 Å². The van der Waals surface area contributed by atoms with E-state index in [9.17, 15) is 0 Å². The van der Waals surface area contributed by atoms with E-state index in [0.717, 1.165) is 10.4 Å². The van der Waals surface area contributed by atoms with Crippen LogP contribution in [0.2, 0.25) is 0 Å². The molecule has 1 aromatic carbocycles. The second kappa shape index (κ2) is 5.70. The SMILES string of the molecule is COc1ccc(CO)cc1OCc1cccs1. The highest BCUT2D eigenvalue weighted by Gasteiger charge is 2.06. The van der Waals surface area contributed by atoms with Crippen LogP contribution in [0.4, 0.5) is 0 Å². The molecule has 0 saturated heterocycles. The van der Waals surface area contributed by atoms with Crippen LogP contribution in [0.5, 0.6) is 11.5 Å². The van der Waals surface area contributed by atoms with E-state index >= 15 is 0 Å². The molecule has 0 unspecified atom stereocenters. The highest BCUT2D eigenvalue weighted by molar-refractivity contribution is 7.09. The molecule has 0 fully saturated rings. The smallest absolute Gasteiger partial charge is 0.162 e. The van der Waals surface area contributed by atoms with Crippen LogP contribution in [-0.4, -0.2) is 12.2 Å². The molecule has 1 aromatic heterocycles. The van der Waals surface area contributed by atoms with Gasteiger partial charge >= 0.3 is 0 Å². The van der Waals surface area contributed by atoms with E-state index < -0.39 is 0 Å². The average molecular weight is 250 g/mol. The molecule has 0 amide bonds. The van der Waals surface area contributed by atoms with Crippen LogP contribution in [0.3, 0.4) is 0 Å². The van der Waals surface area contributed by atoms with Gasteiger partial charge in [0, 0.05) is 4.88 Å². The van der Waals surface area contributed by atoms with Crippen molar-refractivity contribution in [3.05, 3.63) is 46.2 Å². The monoisotopic (exact) mass is 250 g/mol. The van der Waals surface area contributed by atoms with Crippen LogP contribution in [0.15, 0.2) is 35.7 Å². The zero-order valence-electron chi connectivity index (χ0n) is 9.55. The number of aliphatic hydroxyl groups is 1. The van der Waals surface area contributed by atoms with Crippen LogP contribution >= 0.6 is 11.3 Å². The number of thiophene rings is 1. The normalized spacial score (nSPS) is 10.2. The van der Waals surface area contributed by atoms with Crippen molar-refractivity contribution >= 4 is 11.3 Å². The first-order chi connectivity index (χ1) is 8.33. The molecule has 0 spiro atoms. The second-order valence-electron chi connectivity index (χ2n) is 3.51. The third kappa shape index (κ3) is 2.99. The molecular formula is C13H14O3S. The Kier molecular flexibility index (Phi) is 4.01. The van der Waals surface area contributed by atoms with Gasteiger partial charge in [0.2, 0.25) is 0 Å². The summed E-state index contributed by atoms with van der Waals surface area (Å²) in [5.41, 5.74) is 0.812. The zero-order valence-corrected chi connectivity index (χ0v) is 10.4. The third-order valence-electron chi connectivity index (χ3n) is 2.36. The van der Waals surface area contributed by atoms with E-state index in [1.807, 2.05) is 23.6 Å². The number of aliphatic hydroxyl groups excluding tert-OH is 1. The lowest BCUT2D eigenvalue weighted by Crippen LogP contribution is -1.97. The molecule has 0 aliphatic heterocycles. The van der Waals surface area contributed by atoms with E-state index in [0.29, 0.717) is 18.1 Å². The summed E-state index contributed by atoms with van der Waals surface area (Å²) in [6.07, 6.45) is 0. The highest BCUT2D eigenvalue weighted by atomic mass is 32.1. The number of hydrogen-bond acceptors (Lipinski definition) is 4. The third-order valence-corrected chi connectivity index (χ3v) is 3.21. The fraction of sp³-hybridized carbons (Fsp3) is 0.231. The molecule has 0 bridgehead atoms. The Morgan fingerprint density at radius 2 is 2.12 bits per heavy atom. The molecule has 0 atom stereocenters. The van der Waals surface area contributed by atoms with Gasteiger partial charge in [0.1, 0.15) is 6.61 Å². The maximum atomic E-state index is 9.08. The summed E-state index contributed by atoms with van der Waals surface area (Å²) in [7, 11) is 1.60. The zero-order chi connectivity index (χ0) is 12.1. The molecular weight excluding hydrogens is 236 g/mol. The summed E-state index contributed by atoms with van der Waals surface area (Å²) >= 11 is 1.65. The Hall–Kier alpha value is -1.52. The molecule has 1 heterocycles. The Morgan fingerprint density at radius 3 is 2.76 bits per heavy atom. The number of ether oxygens (including phenoxy) is 2. The maximum Gasteiger partial charge on any atom is 0.162 e. The van der Waals surface area contributed by atoms with Crippen molar-refractivity contribution in [1.29, 1.82) is 0 Å². The van der Waals surface area contributed by atoms with Crippen LogP contribution < -0.4 is 9.47 Å². The Balaban J connectivity index is 2.12. The molecule has 0 aliphatic rings. The molecule has 0 aliphatic carbocycles. The Bertz CT molecular complexity index is 466. The van der Waals surface area contributed by atoms with Crippen molar-refractivity contribution in [3.8, 4) is 11.5 Å². The quantitative estimate of drug-likeness (QED) is 0.886. The van der Waals surface area contributed by atoms with Gasteiger partial charge in [-0.1, -0.05) is 12.1 Å². The number of hydrogen-bond donors (Lipinski definition) is 1. The van der Waals surface area contributed by atoms with Gasteiger partial charge in [-0.25, -0.2) is 0 Å². The van der Waals surface area contributed by atoms with Crippen molar-refractivity contribution in [2.45, 2.75) is 13.2 Å². The first-order valence-electron chi connectivity index (χ1n) is 5.26. The minimum atomic E-state index is -0.000639. The molecule has 4 heteroatoms. The van der Waals surface area contributed by atoms with E-state index in [-0.39, 0.29) is 6.61 Å². The van der Waals surface area contributed by atoms with Crippen molar-refractivity contribution in [2.75, 3.05) is 7.11 Å². The minimum absolute atomic E-state index is 0.000639. The van der Waals surface area contributed by atoms with Gasteiger partial charge < -0.3 is 14.6 Å². The summed E-state index contributed by atoms with van der Waals surface area (Å²) in [6.45, 7) is 0.516. The summed E-state index contributed by atoms with van der Waals surface area (Å²) in [4.78, 5) is 1.15. The van der Waals surface area contributed by atoms with Crippen LogP contribution in [0.1, 0.15) is 10.4 Å². The lowest BCUT2D eigenvalue weighted by atomic mass is 10.2. The molecule has 2 rings (SSSR count). The molecule has 1 N–H and O–H groups in total. The predicted octanol–water partition coefficient (Wildman–Crippen LogP) is 2.83. The van der Waals surface area contributed by atoms with Gasteiger partial charge in [-0.05, 0) is 29.1 Å². The number of methoxy groups -OCH3 is 1. The Morgan fingerprint density at radius 1 is 1.24 bits per heavy atom. The van der Waals surface area contributed by atoms with Crippen LogP contribution in [-0.2, 0) is 13.2 Å². The highest BCUT2D eigenvalue weighted by Crippen LogP contribution is 2.29. The minimum Gasteiger partial charge on any atom is -0.493 e. The van der Waals surface area contributed by atoms with Gasteiger partial charge in [-0.15, -0.1) is 11.3 Å². The molecule has 3 nitrogen and oxygen atoms in total. The first-order valence-corrected chi connectivity index (χ1v) is 6.14. The lowest BCUT2D eigenvalue weighted by molar-refractivity contribution is 0.273. The summed E-state index contributed by atoms with van der Waals surface area (Å²) in [5, 5.41) is 11.1. The molecule has 0 saturated carbocycles. The van der Waals surface area contributed by atoms with Gasteiger partial charge in [0.25, 0.3) is 0 Å². The average Bonchev–Trinajstić information content (AvgIpc) is 2.89. The topological polar surface area (TPSA) is 38.7 Å². The molecule has 17 heavy (non-hydrogen) atoms. The predicted molar refractivity (Wildman–Crippen MR) is 67.6 cm³/mol. The van der Waals surface area contributed by atoms with E-state index in [1.165, 1.54) is 0 Å². The van der Waals surface area contributed by atoms with E-state index in [2.05, 4.69) is 0 Å². The van der Waals surface area contributed by atoms with Crippen molar-refractivity contribution in [3.63, 3.8) is 0 Å². The largest absolute Gasteiger partial charge is 0.493 e. The number of benzene rings is 1. The standard InChI is InChI=1S/C13H14O3S/c1-15-12-5-4-10(8-14)7-13(12)16-9-11-3-2-6-17-11/h2-7,14H,8-9H2,1H3. The second-order valence-corrected chi connectivity index (χ2v) is 4.54. The summed E-state index contributed by atoms with van der Waals surface area (Å²) < 4.78 is 10.9. The Labute approximate surface area is 104 Å². The first kappa shape index (κ1) is 12.0. The van der Waals surface area contributed by atoms with Crippen LogP contribution in [0.25, 0.3) is 0 Å².